The highest BCUT2D eigenvalue weighted by Crippen LogP contribution is 2.30. The topological polar surface area (TPSA) is 112 Å². The quantitative estimate of drug-likeness (QED) is 0.517. The Morgan fingerprint density at radius 3 is 2.60 bits per heavy atom. The summed E-state index contributed by atoms with van der Waals surface area (Å²) in [5.74, 6) is -0.496. The minimum Gasteiger partial charge on any atom is -0.360 e. The number of hydrogen-bond donors (Lipinski definition) is 4. The van der Waals surface area contributed by atoms with Crippen LogP contribution in [0, 0.1) is 5.92 Å². The van der Waals surface area contributed by atoms with Crippen molar-refractivity contribution in [2.24, 2.45) is 16.8 Å². The second kappa shape index (κ2) is 8.30. The van der Waals surface area contributed by atoms with Gasteiger partial charge in [-0.15, -0.1) is 12.4 Å². The molecule has 1 aliphatic carbocycles. The number of hydrogen-bond acceptors (Lipinski definition) is 4. The van der Waals surface area contributed by atoms with E-state index < -0.39 is 6.04 Å². The highest BCUT2D eigenvalue weighted by molar-refractivity contribution is 6.15. The highest BCUT2D eigenvalue weighted by Gasteiger charge is 2.31. The van der Waals surface area contributed by atoms with E-state index >= 15 is 0 Å². The number of benzene rings is 2. The molecule has 0 saturated heterocycles. The highest BCUT2D eigenvalue weighted by atomic mass is 35.5. The van der Waals surface area contributed by atoms with E-state index in [2.05, 4.69) is 33.0 Å². The molecule has 0 spiro atoms. The molecule has 1 atom stereocenters. The number of H-pyrrole nitrogens is 1. The van der Waals surface area contributed by atoms with Gasteiger partial charge in [-0.3, -0.25) is 9.59 Å². The molecule has 7 nitrogen and oxygen atoms in total. The van der Waals surface area contributed by atoms with Crippen molar-refractivity contribution in [3.8, 4) is 0 Å². The fourth-order valence-electron chi connectivity index (χ4n) is 4.15. The van der Waals surface area contributed by atoms with Gasteiger partial charge in [-0.2, -0.15) is 5.10 Å². The van der Waals surface area contributed by atoms with Crippen LogP contribution in [-0.4, -0.2) is 29.1 Å². The third-order valence-corrected chi connectivity index (χ3v) is 5.59. The van der Waals surface area contributed by atoms with Gasteiger partial charge in [0.15, 0.2) is 0 Å². The molecule has 2 heterocycles. The molecule has 30 heavy (non-hydrogen) atoms. The number of carbonyl (C=O) groups excluding carboxylic acids is 2. The van der Waals surface area contributed by atoms with Crippen molar-refractivity contribution in [3.63, 3.8) is 0 Å². The number of nitrogens with one attached hydrogen (secondary N) is 3. The van der Waals surface area contributed by atoms with Crippen LogP contribution in [0.25, 0.3) is 10.9 Å². The van der Waals surface area contributed by atoms with Crippen LogP contribution in [0.15, 0.2) is 47.7 Å². The van der Waals surface area contributed by atoms with E-state index in [4.69, 9.17) is 5.73 Å². The van der Waals surface area contributed by atoms with Crippen molar-refractivity contribution < 1.29 is 9.59 Å². The zero-order valence-corrected chi connectivity index (χ0v) is 16.3. The fraction of sp³-hybridized carbons (Fsp3) is 0.227. The van der Waals surface area contributed by atoms with Crippen molar-refractivity contribution >= 4 is 47.0 Å². The van der Waals surface area contributed by atoms with Crippen LogP contribution in [0.3, 0.4) is 0 Å². The first kappa shape index (κ1) is 21.5. The Labute approximate surface area is 180 Å². The number of aromatic amines is 1. The van der Waals surface area contributed by atoms with Crippen LogP contribution in [0.5, 0.6) is 0 Å². The van der Waals surface area contributed by atoms with E-state index in [-0.39, 0.29) is 37.6 Å². The van der Waals surface area contributed by atoms with E-state index in [9.17, 15) is 9.59 Å². The summed E-state index contributed by atoms with van der Waals surface area (Å²) in [6.45, 7) is 0. The number of halogens is 1. The van der Waals surface area contributed by atoms with E-state index in [0.717, 1.165) is 29.3 Å². The van der Waals surface area contributed by atoms with Crippen LogP contribution in [0.1, 0.15) is 34.5 Å². The minimum absolute atomic E-state index is 0. The summed E-state index contributed by atoms with van der Waals surface area (Å²) in [6.07, 6.45) is 4.98. The van der Waals surface area contributed by atoms with Gasteiger partial charge in [0.25, 0.3) is 5.91 Å². The summed E-state index contributed by atoms with van der Waals surface area (Å²) in [6, 6.07) is 11.0. The van der Waals surface area contributed by atoms with Gasteiger partial charge in [0.2, 0.25) is 5.91 Å². The van der Waals surface area contributed by atoms with E-state index in [1.807, 2.05) is 18.2 Å². The number of fused-ring (bicyclic) bond motifs is 1. The number of anilines is 1. The lowest BCUT2D eigenvalue weighted by molar-refractivity contribution is -0.118. The second-order valence-corrected chi connectivity index (χ2v) is 7.34. The van der Waals surface area contributed by atoms with Gasteiger partial charge in [0.05, 0.1) is 17.8 Å². The summed E-state index contributed by atoms with van der Waals surface area (Å²) in [5, 5.41) is 7.57. The predicted octanol–water partition coefficient (Wildman–Crippen LogP) is 2.98. The van der Waals surface area contributed by atoms with Crippen molar-refractivity contribution in [1.82, 2.24) is 10.4 Å². The average Bonchev–Trinajstić information content (AvgIpc) is 3.26. The van der Waals surface area contributed by atoms with Gasteiger partial charge in [0, 0.05) is 28.4 Å². The number of hydrazone groups is 1. The number of nitrogens with two attached hydrogens (primary N) is 1. The third kappa shape index (κ3) is 3.58. The summed E-state index contributed by atoms with van der Waals surface area (Å²) < 4.78 is 0. The molecule has 0 fully saturated rings. The molecule has 3 aromatic rings. The van der Waals surface area contributed by atoms with E-state index in [1.54, 1.807) is 18.5 Å². The molecule has 2 amide bonds. The normalized spacial score (nSPS) is 15.4. The summed E-state index contributed by atoms with van der Waals surface area (Å²) in [4.78, 5) is 28.2. The monoisotopic (exact) mass is 425 g/mol. The van der Waals surface area contributed by atoms with Gasteiger partial charge in [-0.25, -0.2) is 5.43 Å². The molecule has 8 heteroatoms. The molecule has 156 valence electrons. The Morgan fingerprint density at radius 1 is 1.20 bits per heavy atom. The number of amides is 2. The molecule has 0 radical (unpaired) electrons. The molecule has 0 bridgehead atoms. The summed E-state index contributed by atoms with van der Waals surface area (Å²) in [5.41, 5.74) is 13.8. The van der Waals surface area contributed by atoms with Crippen molar-refractivity contribution in [2.45, 2.75) is 26.3 Å². The Morgan fingerprint density at radius 2 is 1.90 bits per heavy atom. The Balaban J connectivity index is 0.00000128. The van der Waals surface area contributed by atoms with Gasteiger partial charge in [-0.05, 0) is 42.0 Å². The van der Waals surface area contributed by atoms with Crippen LogP contribution in [0.4, 0.5) is 5.69 Å². The first-order chi connectivity index (χ1) is 13.6. The molecule has 1 aliphatic heterocycles. The van der Waals surface area contributed by atoms with Crippen molar-refractivity contribution in [2.75, 3.05) is 5.32 Å². The second-order valence-electron chi connectivity index (χ2n) is 7.34. The van der Waals surface area contributed by atoms with Crippen LogP contribution >= 0.6 is 12.4 Å². The SMILES string of the molecule is C.Cl.N[C@@H](C(=O)Nc1cc2c3c(c[nH]c3c1)C=NNC2=O)C1Cc2ccccc2C1. The standard InChI is InChI=1S/C21H19N5O2.CH4.ClH/c22-19(13-5-11-3-1-2-4-12(11)6-13)21(28)25-15-7-16-18-14(9-23-17(18)8-15)10-24-26-20(16)27;;/h1-4,7-10,13,19,23H,5-6,22H2,(H,25,28)(H,26,27);1H4;1H/t19-;;/m1../s1. The van der Waals surface area contributed by atoms with Gasteiger partial charge in [0.1, 0.15) is 0 Å². The lowest BCUT2D eigenvalue weighted by Gasteiger charge is -2.18. The molecule has 2 aromatic carbocycles. The zero-order chi connectivity index (χ0) is 19.3. The van der Waals surface area contributed by atoms with Gasteiger partial charge >= 0.3 is 0 Å². The summed E-state index contributed by atoms with van der Waals surface area (Å²) in [7, 11) is 0. The predicted molar refractivity (Wildman–Crippen MR) is 121 cm³/mol. The molecule has 0 unspecified atom stereocenters. The molecular weight excluding hydrogens is 402 g/mol. The van der Waals surface area contributed by atoms with E-state index in [0.29, 0.717) is 11.3 Å². The van der Waals surface area contributed by atoms with Gasteiger partial charge in [-0.1, -0.05) is 31.7 Å². The van der Waals surface area contributed by atoms with E-state index in [1.165, 1.54) is 11.1 Å². The number of rotatable bonds is 3. The minimum atomic E-state index is -0.626. The number of nitrogens with zero attached hydrogens (tertiary/aromatic N) is 1. The lowest BCUT2D eigenvalue weighted by Crippen LogP contribution is -2.42. The van der Waals surface area contributed by atoms with Crippen LogP contribution < -0.4 is 16.5 Å². The first-order valence-electron chi connectivity index (χ1n) is 9.22. The van der Waals surface area contributed by atoms with Gasteiger partial charge < -0.3 is 16.0 Å². The number of aromatic nitrogens is 1. The maximum absolute atomic E-state index is 12.8. The fourth-order valence-corrected chi connectivity index (χ4v) is 4.15. The maximum Gasteiger partial charge on any atom is 0.272 e. The summed E-state index contributed by atoms with van der Waals surface area (Å²) >= 11 is 0. The Bertz CT molecular complexity index is 1130. The first-order valence-corrected chi connectivity index (χ1v) is 9.22. The van der Waals surface area contributed by atoms with Crippen LogP contribution in [0.2, 0.25) is 0 Å². The largest absolute Gasteiger partial charge is 0.360 e. The Kier molecular flexibility index (Phi) is 5.96. The molecule has 5 rings (SSSR count). The smallest absolute Gasteiger partial charge is 0.272 e. The third-order valence-electron chi connectivity index (χ3n) is 5.59. The average molecular weight is 426 g/mol. The zero-order valence-electron chi connectivity index (χ0n) is 15.4. The molecular formula is C22H24ClN5O2. The lowest BCUT2D eigenvalue weighted by atomic mass is 9.96. The Hall–Kier alpha value is -3.16. The molecule has 5 N–H and O–H groups in total. The maximum atomic E-state index is 12.8. The molecule has 1 aromatic heterocycles. The van der Waals surface area contributed by atoms with Crippen molar-refractivity contribution in [1.29, 1.82) is 0 Å². The molecule has 0 saturated carbocycles. The molecule has 2 aliphatic rings. The van der Waals surface area contributed by atoms with Crippen LogP contribution in [-0.2, 0) is 17.6 Å². The number of carbonyl (C=O) groups is 2. The van der Waals surface area contributed by atoms with Crippen molar-refractivity contribution in [3.05, 3.63) is 64.8 Å².